The Hall–Kier alpha value is -2.14. The van der Waals surface area contributed by atoms with E-state index in [9.17, 15) is 4.79 Å². The molecule has 0 saturated carbocycles. The molecule has 1 aliphatic heterocycles. The Morgan fingerprint density at radius 3 is 2.85 bits per heavy atom. The second kappa shape index (κ2) is 8.04. The molecule has 2 heterocycles. The third-order valence-electron chi connectivity index (χ3n) is 4.88. The molecule has 1 N–H and O–H groups in total. The van der Waals surface area contributed by atoms with E-state index in [4.69, 9.17) is 11.6 Å². The number of halogens is 1. The van der Waals surface area contributed by atoms with Crippen LogP contribution in [0.2, 0.25) is 5.02 Å². The number of rotatable bonds is 4. The Morgan fingerprint density at radius 2 is 2.08 bits per heavy atom. The van der Waals surface area contributed by atoms with Gasteiger partial charge in [0.2, 0.25) is 0 Å². The van der Waals surface area contributed by atoms with Crippen LogP contribution >= 0.6 is 11.6 Å². The zero-order valence-corrected chi connectivity index (χ0v) is 16.3. The molecule has 3 rings (SSSR count). The monoisotopic (exact) mass is 372 g/mol. The molecule has 1 aliphatic rings. The summed E-state index contributed by atoms with van der Waals surface area (Å²) in [5.41, 5.74) is 2.37. The second-order valence-electron chi connectivity index (χ2n) is 6.83. The van der Waals surface area contributed by atoms with Gasteiger partial charge < -0.3 is 10.2 Å². The third-order valence-corrected chi connectivity index (χ3v) is 5.11. The minimum atomic E-state index is -0.00656. The molecule has 1 amide bonds. The molecular formula is C20H25ClN4O. The first-order valence-electron chi connectivity index (χ1n) is 9.17. The number of piperidine rings is 1. The van der Waals surface area contributed by atoms with Gasteiger partial charge in [-0.2, -0.15) is 0 Å². The van der Waals surface area contributed by atoms with E-state index < -0.39 is 0 Å². The molecule has 0 spiro atoms. The van der Waals surface area contributed by atoms with Crippen molar-refractivity contribution < 1.29 is 4.79 Å². The van der Waals surface area contributed by atoms with Crippen molar-refractivity contribution in [3.63, 3.8) is 0 Å². The van der Waals surface area contributed by atoms with E-state index in [2.05, 4.69) is 22.2 Å². The van der Waals surface area contributed by atoms with Crippen LogP contribution in [-0.2, 0) is 0 Å². The molecule has 0 bridgehead atoms. The highest BCUT2D eigenvalue weighted by Gasteiger charge is 2.27. The van der Waals surface area contributed by atoms with E-state index in [-0.39, 0.29) is 5.91 Å². The fraction of sp³-hybridized carbons (Fsp3) is 0.450. The molecule has 0 aliphatic carbocycles. The number of carbonyl (C=O) groups excluding carboxylic acids is 1. The molecule has 1 saturated heterocycles. The Labute approximate surface area is 159 Å². The summed E-state index contributed by atoms with van der Waals surface area (Å²) in [4.78, 5) is 23.8. The van der Waals surface area contributed by atoms with Crippen molar-refractivity contribution in [3.8, 4) is 0 Å². The second-order valence-corrected chi connectivity index (χ2v) is 7.26. The first-order chi connectivity index (χ1) is 12.5. The maximum absolute atomic E-state index is 13.0. The highest BCUT2D eigenvalue weighted by atomic mass is 35.5. The van der Waals surface area contributed by atoms with Crippen LogP contribution in [0.5, 0.6) is 0 Å². The molecule has 1 unspecified atom stereocenters. The first-order valence-corrected chi connectivity index (χ1v) is 9.55. The lowest BCUT2D eigenvalue weighted by atomic mass is 9.99. The van der Waals surface area contributed by atoms with Crippen LogP contribution < -0.4 is 5.32 Å². The van der Waals surface area contributed by atoms with Gasteiger partial charge in [0.05, 0.1) is 0 Å². The van der Waals surface area contributed by atoms with E-state index in [1.165, 1.54) is 6.42 Å². The Kier molecular flexibility index (Phi) is 5.77. The number of nitrogens with one attached hydrogen (secondary N) is 1. The van der Waals surface area contributed by atoms with Gasteiger partial charge in [0.25, 0.3) is 5.91 Å². The van der Waals surface area contributed by atoms with Crippen molar-refractivity contribution >= 4 is 29.0 Å². The molecule has 138 valence electrons. The summed E-state index contributed by atoms with van der Waals surface area (Å²) in [7, 11) is 0. The largest absolute Gasteiger partial charge is 0.340 e. The molecule has 2 aromatic rings. The number of amides is 1. The lowest BCUT2D eigenvalue weighted by Crippen LogP contribution is -2.43. The van der Waals surface area contributed by atoms with Crippen LogP contribution in [0.3, 0.4) is 0 Å². The number of carbonyl (C=O) groups is 1. The molecule has 1 aromatic carbocycles. The minimum absolute atomic E-state index is 0.00656. The van der Waals surface area contributed by atoms with E-state index in [0.29, 0.717) is 28.4 Å². The SMILES string of the molecule is CCC1CCCCN1C(=O)c1cc(Nc2cc(Cl)ccc2C)nc(C)n1. The number of benzene rings is 1. The van der Waals surface area contributed by atoms with Gasteiger partial charge in [-0.25, -0.2) is 9.97 Å². The van der Waals surface area contributed by atoms with Crippen LogP contribution in [0, 0.1) is 13.8 Å². The molecule has 6 heteroatoms. The van der Waals surface area contributed by atoms with Crippen molar-refractivity contribution in [2.45, 2.75) is 52.5 Å². The average Bonchev–Trinajstić information content (AvgIpc) is 2.63. The van der Waals surface area contributed by atoms with Crippen molar-refractivity contribution in [1.82, 2.24) is 14.9 Å². The van der Waals surface area contributed by atoms with Crippen LogP contribution in [0.4, 0.5) is 11.5 Å². The topological polar surface area (TPSA) is 58.1 Å². The van der Waals surface area contributed by atoms with E-state index in [1.807, 2.05) is 30.0 Å². The van der Waals surface area contributed by atoms with Crippen molar-refractivity contribution in [3.05, 3.63) is 46.4 Å². The van der Waals surface area contributed by atoms with Gasteiger partial charge in [0.15, 0.2) is 0 Å². The molecular weight excluding hydrogens is 348 g/mol. The number of aryl methyl sites for hydroxylation is 2. The highest BCUT2D eigenvalue weighted by Crippen LogP contribution is 2.25. The number of hydrogen-bond acceptors (Lipinski definition) is 4. The lowest BCUT2D eigenvalue weighted by molar-refractivity contribution is 0.0601. The van der Waals surface area contributed by atoms with Crippen molar-refractivity contribution in [2.24, 2.45) is 0 Å². The van der Waals surface area contributed by atoms with Crippen LogP contribution in [0.1, 0.15) is 54.5 Å². The standard InChI is InChI=1S/C20H25ClN4O/c1-4-16-7-5-6-10-25(16)20(26)18-12-19(23-14(3)22-18)24-17-11-15(21)9-8-13(17)2/h8-9,11-12,16H,4-7,10H2,1-3H3,(H,22,23,24). The fourth-order valence-electron chi connectivity index (χ4n) is 3.45. The summed E-state index contributed by atoms with van der Waals surface area (Å²) >= 11 is 6.10. The number of anilines is 2. The Balaban J connectivity index is 1.87. The Morgan fingerprint density at radius 1 is 1.27 bits per heavy atom. The zero-order chi connectivity index (χ0) is 18.7. The quantitative estimate of drug-likeness (QED) is 0.829. The van der Waals surface area contributed by atoms with Gasteiger partial charge in [-0.1, -0.05) is 24.6 Å². The maximum Gasteiger partial charge on any atom is 0.272 e. The predicted octanol–water partition coefficient (Wildman–Crippen LogP) is 4.90. The maximum atomic E-state index is 13.0. The fourth-order valence-corrected chi connectivity index (χ4v) is 3.62. The average molecular weight is 373 g/mol. The normalized spacial score (nSPS) is 17.2. The molecule has 1 fully saturated rings. The van der Waals surface area contributed by atoms with E-state index in [1.54, 1.807) is 13.0 Å². The van der Waals surface area contributed by atoms with Crippen LogP contribution in [0.25, 0.3) is 0 Å². The van der Waals surface area contributed by atoms with Gasteiger partial charge >= 0.3 is 0 Å². The minimum Gasteiger partial charge on any atom is -0.340 e. The number of aromatic nitrogens is 2. The summed E-state index contributed by atoms with van der Waals surface area (Å²) in [5, 5.41) is 3.92. The molecule has 26 heavy (non-hydrogen) atoms. The van der Waals surface area contributed by atoms with E-state index in [0.717, 1.165) is 37.1 Å². The lowest BCUT2D eigenvalue weighted by Gasteiger charge is -2.35. The number of hydrogen-bond donors (Lipinski definition) is 1. The van der Waals surface area contributed by atoms with E-state index >= 15 is 0 Å². The van der Waals surface area contributed by atoms with Gasteiger partial charge in [0.1, 0.15) is 17.3 Å². The Bertz CT molecular complexity index is 808. The number of likely N-dealkylation sites (tertiary alicyclic amines) is 1. The van der Waals surface area contributed by atoms with Crippen molar-refractivity contribution in [1.29, 1.82) is 0 Å². The predicted molar refractivity (Wildman–Crippen MR) is 105 cm³/mol. The van der Waals surface area contributed by atoms with Gasteiger partial charge in [-0.05, 0) is 57.2 Å². The molecule has 1 aromatic heterocycles. The van der Waals surface area contributed by atoms with Crippen molar-refractivity contribution in [2.75, 3.05) is 11.9 Å². The van der Waals surface area contributed by atoms with Crippen LogP contribution in [-0.4, -0.2) is 33.4 Å². The summed E-state index contributed by atoms with van der Waals surface area (Å²) in [5.74, 6) is 1.17. The van der Waals surface area contributed by atoms with Crippen LogP contribution in [0.15, 0.2) is 24.3 Å². The third kappa shape index (κ3) is 4.15. The smallest absolute Gasteiger partial charge is 0.272 e. The van der Waals surface area contributed by atoms with Gasteiger partial charge in [-0.3, -0.25) is 4.79 Å². The highest BCUT2D eigenvalue weighted by molar-refractivity contribution is 6.30. The first kappa shape index (κ1) is 18.6. The number of nitrogens with zero attached hydrogens (tertiary/aromatic N) is 3. The van der Waals surface area contributed by atoms with Gasteiger partial charge in [0, 0.05) is 29.4 Å². The summed E-state index contributed by atoms with van der Waals surface area (Å²) in [6.07, 6.45) is 4.28. The summed E-state index contributed by atoms with van der Waals surface area (Å²) in [6, 6.07) is 7.69. The molecule has 0 radical (unpaired) electrons. The summed E-state index contributed by atoms with van der Waals surface area (Å²) in [6.45, 7) is 6.74. The molecule has 5 nitrogen and oxygen atoms in total. The molecule has 1 atom stereocenters. The zero-order valence-electron chi connectivity index (χ0n) is 15.6. The summed E-state index contributed by atoms with van der Waals surface area (Å²) < 4.78 is 0. The van der Waals surface area contributed by atoms with Gasteiger partial charge in [-0.15, -0.1) is 0 Å².